The highest BCUT2D eigenvalue weighted by Crippen LogP contribution is 2.41. The van der Waals surface area contributed by atoms with Crippen LogP contribution in [0.25, 0.3) is 22.2 Å². The van der Waals surface area contributed by atoms with Gasteiger partial charge < -0.3 is 9.51 Å². The third kappa shape index (κ3) is 2.60. The van der Waals surface area contributed by atoms with Crippen LogP contribution in [-0.4, -0.2) is 26.8 Å². The van der Waals surface area contributed by atoms with E-state index < -0.39 is 0 Å². The Balaban J connectivity index is 2.00. The van der Waals surface area contributed by atoms with Crippen molar-refractivity contribution in [1.82, 2.24) is 15.1 Å². The summed E-state index contributed by atoms with van der Waals surface area (Å²) in [6, 6.07) is 4.03. The van der Waals surface area contributed by atoms with E-state index in [0.717, 1.165) is 58.0 Å². The van der Waals surface area contributed by atoms with Crippen LogP contribution in [-0.2, 0) is 0 Å². The summed E-state index contributed by atoms with van der Waals surface area (Å²) in [6.45, 7) is 7.17. The van der Waals surface area contributed by atoms with Crippen molar-refractivity contribution in [3.63, 3.8) is 0 Å². The molecule has 1 aliphatic carbocycles. The van der Waals surface area contributed by atoms with Gasteiger partial charge in [-0.2, -0.15) is 0 Å². The van der Waals surface area contributed by atoms with Crippen molar-refractivity contribution in [2.75, 3.05) is 4.90 Å². The minimum absolute atomic E-state index is 0.283. The first-order valence-electron chi connectivity index (χ1n) is 8.74. The van der Waals surface area contributed by atoms with E-state index in [1.54, 1.807) is 18.7 Å². The predicted octanol–water partition coefficient (Wildman–Crippen LogP) is 4.51. The number of aromatic amines is 1. The summed E-state index contributed by atoms with van der Waals surface area (Å²) in [5, 5.41) is 20.4. The highest BCUT2D eigenvalue weighted by molar-refractivity contribution is 6.19. The first-order chi connectivity index (χ1) is 12.4. The molecule has 26 heavy (non-hydrogen) atoms. The number of imidazole rings is 1. The Labute approximate surface area is 151 Å². The number of fused-ring (bicyclic) bond motifs is 1. The lowest BCUT2D eigenvalue weighted by molar-refractivity contribution is 0.393. The second kappa shape index (κ2) is 5.79. The first kappa shape index (κ1) is 16.5. The minimum Gasteiger partial charge on any atom is -0.361 e. The molecule has 7 nitrogen and oxygen atoms in total. The molecule has 0 saturated heterocycles. The fraction of sp³-hybridized carbons (Fsp3) is 0.368. The standard InChI is InChI=1S/C19H22N6O/c1-9-17(10(2)26-24-9)14-7-15-18(23-19(22-15)13-5-6-13)16(8-14)25(11(3)20)12(4)21/h7-8,13,20-21H,5-6H2,1-4H3,(H,22,23). The highest BCUT2D eigenvalue weighted by atomic mass is 16.5. The van der Waals surface area contributed by atoms with E-state index in [9.17, 15) is 0 Å². The van der Waals surface area contributed by atoms with E-state index in [4.69, 9.17) is 20.3 Å². The molecule has 0 amide bonds. The average Bonchev–Trinajstić information content (AvgIpc) is 3.23. The van der Waals surface area contributed by atoms with Gasteiger partial charge in [0.15, 0.2) is 0 Å². The van der Waals surface area contributed by atoms with Gasteiger partial charge in [-0.3, -0.25) is 15.7 Å². The Morgan fingerprint density at radius 3 is 2.42 bits per heavy atom. The molecule has 3 N–H and O–H groups in total. The van der Waals surface area contributed by atoms with Gasteiger partial charge in [0.05, 0.1) is 16.9 Å². The molecule has 1 saturated carbocycles. The smallest absolute Gasteiger partial charge is 0.141 e. The molecule has 7 heteroatoms. The maximum Gasteiger partial charge on any atom is 0.141 e. The molecular formula is C19H22N6O. The van der Waals surface area contributed by atoms with Gasteiger partial charge >= 0.3 is 0 Å². The maximum atomic E-state index is 8.14. The molecule has 0 atom stereocenters. The summed E-state index contributed by atoms with van der Waals surface area (Å²) in [5.41, 5.74) is 5.15. The normalized spacial score (nSPS) is 14.0. The second-order valence-electron chi connectivity index (χ2n) is 6.99. The summed E-state index contributed by atoms with van der Waals surface area (Å²) >= 11 is 0. The fourth-order valence-corrected chi connectivity index (χ4v) is 3.49. The van der Waals surface area contributed by atoms with Gasteiger partial charge in [0.25, 0.3) is 0 Å². The Hall–Kier alpha value is -2.96. The topological polar surface area (TPSA) is 106 Å². The molecule has 3 aromatic rings. The Kier molecular flexibility index (Phi) is 3.68. The van der Waals surface area contributed by atoms with Gasteiger partial charge in [-0.25, -0.2) is 4.98 Å². The number of benzene rings is 1. The molecule has 1 fully saturated rings. The fourth-order valence-electron chi connectivity index (χ4n) is 3.49. The summed E-state index contributed by atoms with van der Waals surface area (Å²) in [5.74, 6) is 2.80. The number of hydrogen-bond acceptors (Lipinski definition) is 5. The number of hydrogen-bond donors (Lipinski definition) is 3. The highest BCUT2D eigenvalue weighted by Gasteiger charge is 2.28. The van der Waals surface area contributed by atoms with E-state index in [0.29, 0.717) is 5.92 Å². The Bertz CT molecular complexity index is 1010. The molecule has 134 valence electrons. The van der Waals surface area contributed by atoms with Crippen molar-refractivity contribution in [1.29, 1.82) is 10.8 Å². The van der Waals surface area contributed by atoms with Crippen LogP contribution in [0.1, 0.15) is 49.9 Å². The lowest BCUT2D eigenvalue weighted by Crippen LogP contribution is -2.32. The number of rotatable bonds is 3. The number of amidine groups is 2. The van der Waals surface area contributed by atoms with E-state index in [2.05, 4.69) is 16.2 Å². The molecule has 0 bridgehead atoms. The molecule has 4 rings (SSSR count). The average molecular weight is 350 g/mol. The lowest BCUT2D eigenvalue weighted by Gasteiger charge is -2.23. The van der Waals surface area contributed by atoms with Gasteiger partial charge in [0.2, 0.25) is 0 Å². The molecule has 1 aromatic carbocycles. The maximum absolute atomic E-state index is 8.14. The summed E-state index contributed by atoms with van der Waals surface area (Å²) in [6.07, 6.45) is 2.31. The zero-order chi connectivity index (χ0) is 18.6. The van der Waals surface area contributed by atoms with E-state index in [1.165, 1.54) is 0 Å². The van der Waals surface area contributed by atoms with Crippen molar-refractivity contribution in [3.8, 4) is 11.1 Å². The number of nitrogens with zero attached hydrogens (tertiary/aromatic N) is 3. The van der Waals surface area contributed by atoms with Crippen LogP contribution in [0, 0.1) is 24.7 Å². The molecule has 0 radical (unpaired) electrons. The van der Waals surface area contributed by atoms with Gasteiger partial charge in [-0.1, -0.05) is 5.16 Å². The molecule has 0 aliphatic heterocycles. The van der Waals surface area contributed by atoms with Crippen molar-refractivity contribution >= 4 is 28.4 Å². The van der Waals surface area contributed by atoms with Gasteiger partial charge in [0, 0.05) is 11.5 Å². The van der Waals surface area contributed by atoms with Gasteiger partial charge in [-0.15, -0.1) is 0 Å². The van der Waals surface area contributed by atoms with E-state index in [-0.39, 0.29) is 11.7 Å². The Morgan fingerprint density at radius 2 is 1.88 bits per heavy atom. The molecular weight excluding hydrogens is 328 g/mol. The second-order valence-corrected chi connectivity index (χ2v) is 6.99. The Morgan fingerprint density at radius 1 is 1.19 bits per heavy atom. The largest absolute Gasteiger partial charge is 0.361 e. The van der Waals surface area contributed by atoms with Crippen LogP contribution in [0.15, 0.2) is 16.7 Å². The number of H-pyrrole nitrogens is 1. The number of anilines is 1. The van der Waals surface area contributed by atoms with Crippen LogP contribution in [0.3, 0.4) is 0 Å². The minimum atomic E-state index is 0.283. The number of aromatic nitrogens is 3. The van der Waals surface area contributed by atoms with Crippen LogP contribution in [0.2, 0.25) is 0 Å². The van der Waals surface area contributed by atoms with Gasteiger partial charge in [0.1, 0.15) is 28.8 Å². The molecule has 2 heterocycles. The molecule has 1 aliphatic rings. The van der Waals surface area contributed by atoms with Gasteiger partial charge in [-0.05, 0) is 58.2 Å². The molecule has 0 spiro atoms. The third-order valence-corrected chi connectivity index (χ3v) is 4.78. The SMILES string of the molecule is CC(=N)N(C(C)=N)c1cc(-c2c(C)noc2C)cc2[nH]c(C3CC3)nc12. The third-order valence-electron chi connectivity index (χ3n) is 4.78. The van der Waals surface area contributed by atoms with Crippen LogP contribution in [0.4, 0.5) is 5.69 Å². The number of nitrogens with one attached hydrogen (secondary N) is 3. The summed E-state index contributed by atoms with van der Waals surface area (Å²) in [4.78, 5) is 9.85. The van der Waals surface area contributed by atoms with E-state index in [1.807, 2.05) is 19.9 Å². The van der Waals surface area contributed by atoms with Crippen LogP contribution >= 0.6 is 0 Å². The molecule has 0 unspecified atom stereocenters. The summed E-state index contributed by atoms with van der Waals surface area (Å²) in [7, 11) is 0. The zero-order valence-electron chi connectivity index (χ0n) is 15.4. The van der Waals surface area contributed by atoms with Crippen LogP contribution in [0.5, 0.6) is 0 Å². The van der Waals surface area contributed by atoms with Crippen molar-refractivity contribution < 1.29 is 4.52 Å². The summed E-state index contributed by atoms with van der Waals surface area (Å²) < 4.78 is 5.34. The lowest BCUT2D eigenvalue weighted by atomic mass is 10.0. The van der Waals surface area contributed by atoms with Crippen molar-refractivity contribution in [2.45, 2.75) is 46.5 Å². The van der Waals surface area contributed by atoms with E-state index >= 15 is 0 Å². The van der Waals surface area contributed by atoms with Crippen molar-refractivity contribution in [2.24, 2.45) is 0 Å². The quantitative estimate of drug-likeness (QED) is 0.477. The first-order valence-corrected chi connectivity index (χ1v) is 8.74. The molecule has 2 aromatic heterocycles. The number of aryl methyl sites for hydroxylation is 2. The predicted molar refractivity (Wildman–Crippen MR) is 102 cm³/mol. The monoisotopic (exact) mass is 350 g/mol. The van der Waals surface area contributed by atoms with Crippen molar-refractivity contribution in [3.05, 3.63) is 29.4 Å². The zero-order valence-corrected chi connectivity index (χ0v) is 15.4. The van der Waals surface area contributed by atoms with Crippen LogP contribution < -0.4 is 4.90 Å².